The van der Waals surface area contributed by atoms with Gasteiger partial charge in [-0.1, -0.05) is 113 Å². The summed E-state index contributed by atoms with van der Waals surface area (Å²) in [4.78, 5) is 31.6. The number of hydrogen-bond acceptors (Lipinski definition) is 5. The van der Waals surface area contributed by atoms with E-state index in [1.165, 1.54) is 0 Å². The standard InChI is InChI=1S/C52H46N4O4/c1-29(2)51(57)55-49-39(37-18-10-14-34-16-12-20-41(46(34)37)45-31(5)24-33(28-53)25-32(45)6)22-23-40(50(49)56-52(58)30(3)4)38-19-11-15-35-17-13-21-42(47(35)38)48-43(59-8)26-36(54-7)27-44(48)60-9/h10-27,29-30H,1-6,8-9H3,(H,55,57)(H,56,58). The lowest BCUT2D eigenvalue weighted by molar-refractivity contribution is -0.119. The van der Waals surface area contributed by atoms with Gasteiger partial charge in [-0.3, -0.25) is 9.59 Å². The molecule has 0 unspecified atom stereocenters. The highest BCUT2D eigenvalue weighted by Crippen LogP contribution is 2.50. The van der Waals surface area contributed by atoms with Gasteiger partial charge in [0.2, 0.25) is 11.8 Å². The van der Waals surface area contributed by atoms with Gasteiger partial charge >= 0.3 is 0 Å². The number of fused-ring (bicyclic) bond motifs is 2. The number of anilines is 2. The summed E-state index contributed by atoms with van der Waals surface area (Å²) in [6, 6.07) is 37.9. The molecule has 7 rings (SSSR count). The van der Waals surface area contributed by atoms with Crippen LogP contribution in [0.4, 0.5) is 17.1 Å². The van der Waals surface area contributed by atoms with E-state index in [0.29, 0.717) is 45.3 Å². The summed E-state index contributed by atoms with van der Waals surface area (Å²) in [5.41, 5.74) is 10.5. The summed E-state index contributed by atoms with van der Waals surface area (Å²) in [5, 5.41) is 20.1. The summed E-state index contributed by atoms with van der Waals surface area (Å²) in [6.45, 7) is 19.1. The van der Waals surface area contributed by atoms with E-state index < -0.39 is 0 Å². The average Bonchev–Trinajstić information content (AvgIpc) is 3.25. The van der Waals surface area contributed by atoms with Crippen LogP contribution in [-0.2, 0) is 9.59 Å². The zero-order valence-corrected chi connectivity index (χ0v) is 35.1. The molecule has 0 heterocycles. The minimum Gasteiger partial charge on any atom is -0.497 e. The first-order valence-corrected chi connectivity index (χ1v) is 19.9. The van der Waals surface area contributed by atoms with Crippen LogP contribution in [0.2, 0.25) is 0 Å². The fourth-order valence-electron chi connectivity index (χ4n) is 8.07. The van der Waals surface area contributed by atoms with Crippen molar-refractivity contribution in [1.82, 2.24) is 0 Å². The monoisotopic (exact) mass is 790 g/mol. The molecular formula is C52H46N4O4. The van der Waals surface area contributed by atoms with Crippen LogP contribution < -0.4 is 20.1 Å². The third-order valence-electron chi connectivity index (χ3n) is 11.0. The third-order valence-corrected chi connectivity index (χ3v) is 11.0. The molecule has 0 atom stereocenters. The number of amides is 2. The normalized spacial score (nSPS) is 11.1. The molecule has 7 aromatic carbocycles. The zero-order chi connectivity index (χ0) is 42.8. The van der Waals surface area contributed by atoms with Crippen LogP contribution in [0.3, 0.4) is 0 Å². The van der Waals surface area contributed by atoms with Gasteiger partial charge in [0.05, 0.1) is 49.4 Å². The Morgan fingerprint density at radius 2 is 1.00 bits per heavy atom. The Labute approximate surface area is 351 Å². The number of carbonyl (C=O) groups excluding carboxylic acids is 2. The van der Waals surface area contributed by atoms with E-state index in [4.69, 9.17) is 16.0 Å². The molecule has 0 saturated carbocycles. The van der Waals surface area contributed by atoms with Gasteiger partial charge in [-0.2, -0.15) is 5.26 Å². The number of carbonyl (C=O) groups is 2. The Morgan fingerprint density at radius 3 is 1.37 bits per heavy atom. The van der Waals surface area contributed by atoms with Crippen molar-refractivity contribution in [3.63, 3.8) is 0 Å². The van der Waals surface area contributed by atoms with Crippen LogP contribution in [0.1, 0.15) is 44.4 Å². The van der Waals surface area contributed by atoms with Crippen LogP contribution in [0.5, 0.6) is 11.5 Å². The van der Waals surface area contributed by atoms with Gasteiger partial charge in [0.25, 0.3) is 0 Å². The van der Waals surface area contributed by atoms with Crippen molar-refractivity contribution >= 4 is 50.4 Å². The van der Waals surface area contributed by atoms with Crippen molar-refractivity contribution in [2.24, 2.45) is 11.8 Å². The predicted octanol–water partition coefficient (Wildman–Crippen LogP) is 12.9. The Kier molecular flexibility index (Phi) is 11.4. The summed E-state index contributed by atoms with van der Waals surface area (Å²) in [6.07, 6.45) is 0. The SMILES string of the molecule is [C-]#[N+]c1cc(OC)c(-c2cccc3cccc(-c4ccc(-c5cccc6cccc(-c7c(C)cc(C#N)cc7C)c56)c(NC(=O)C(C)C)c4NC(=O)C(C)C)c23)c(OC)c1. The second kappa shape index (κ2) is 16.8. The highest BCUT2D eigenvalue weighted by atomic mass is 16.5. The lowest BCUT2D eigenvalue weighted by atomic mass is 9.85. The van der Waals surface area contributed by atoms with Crippen molar-refractivity contribution in [3.8, 4) is 62.1 Å². The molecule has 7 aromatic rings. The smallest absolute Gasteiger partial charge is 0.226 e. The van der Waals surface area contributed by atoms with E-state index in [9.17, 15) is 14.9 Å². The molecule has 0 bridgehead atoms. The molecular weight excluding hydrogens is 745 g/mol. The number of hydrogen-bond donors (Lipinski definition) is 2. The van der Waals surface area contributed by atoms with Gasteiger partial charge in [0.1, 0.15) is 11.5 Å². The molecule has 0 aliphatic heterocycles. The van der Waals surface area contributed by atoms with Crippen molar-refractivity contribution in [2.75, 3.05) is 24.9 Å². The van der Waals surface area contributed by atoms with Crippen molar-refractivity contribution in [1.29, 1.82) is 5.26 Å². The molecule has 298 valence electrons. The lowest BCUT2D eigenvalue weighted by Gasteiger charge is -2.24. The van der Waals surface area contributed by atoms with Crippen molar-refractivity contribution in [2.45, 2.75) is 41.5 Å². The summed E-state index contributed by atoms with van der Waals surface area (Å²) in [5.74, 6) is -0.203. The number of nitrogens with zero attached hydrogens (tertiary/aromatic N) is 2. The van der Waals surface area contributed by atoms with Crippen LogP contribution in [0.15, 0.2) is 109 Å². The molecule has 2 amide bonds. The van der Waals surface area contributed by atoms with E-state index in [1.54, 1.807) is 26.4 Å². The van der Waals surface area contributed by atoms with E-state index in [-0.39, 0.29) is 23.7 Å². The minimum absolute atomic E-state index is 0.208. The van der Waals surface area contributed by atoms with E-state index in [1.807, 2.05) is 114 Å². The third kappa shape index (κ3) is 7.40. The molecule has 0 radical (unpaired) electrons. The number of rotatable bonds is 10. The van der Waals surface area contributed by atoms with Gasteiger partial charge in [0.15, 0.2) is 5.69 Å². The second-order valence-electron chi connectivity index (χ2n) is 15.6. The summed E-state index contributed by atoms with van der Waals surface area (Å²) in [7, 11) is 3.14. The summed E-state index contributed by atoms with van der Waals surface area (Å²) < 4.78 is 11.8. The van der Waals surface area contributed by atoms with Crippen LogP contribution in [0.25, 0.3) is 70.9 Å². The molecule has 60 heavy (non-hydrogen) atoms. The molecule has 0 spiro atoms. The maximum atomic E-state index is 14.0. The van der Waals surface area contributed by atoms with Gasteiger partial charge in [-0.05, 0) is 98.6 Å². The largest absolute Gasteiger partial charge is 0.497 e. The van der Waals surface area contributed by atoms with Gasteiger partial charge < -0.3 is 20.1 Å². The predicted molar refractivity (Wildman–Crippen MR) is 244 cm³/mol. The Hall–Kier alpha value is -7.42. The topological polar surface area (TPSA) is 105 Å². The average molecular weight is 791 g/mol. The number of nitriles is 1. The maximum absolute atomic E-state index is 14.0. The van der Waals surface area contributed by atoms with Gasteiger partial charge in [0, 0.05) is 23.0 Å². The Balaban J connectivity index is 1.60. The Bertz CT molecular complexity index is 2890. The first-order valence-electron chi connectivity index (χ1n) is 19.9. The zero-order valence-electron chi connectivity index (χ0n) is 35.1. The Morgan fingerprint density at radius 1 is 0.600 bits per heavy atom. The molecule has 2 N–H and O–H groups in total. The van der Waals surface area contributed by atoms with Gasteiger partial charge in [-0.25, -0.2) is 4.85 Å². The fraction of sp³-hybridized carbons (Fsp3) is 0.192. The first-order chi connectivity index (χ1) is 28.9. The highest BCUT2D eigenvalue weighted by Gasteiger charge is 2.26. The molecule has 8 heteroatoms. The quantitative estimate of drug-likeness (QED) is 0.134. The van der Waals surface area contributed by atoms with E-state index in [2.05, 4.69) is 45.8 Å². The first kappa shape index (κ1) is 40.8. The molecule has 0 aliphatic rings. The van der Waals surface area contributed by atoms with Crippen LogP contribution in [-0.4, -0.2) is 26.0 Å². The highest BCUT2D eigenvalue weighted by molar-refractivity contribution is 6.17. The maximum Gasteiger partial charge on any atom is 0.226 e. The second-order valence-corrected chi connectivity index (χ2v) is 15.6. The molecule has 0 aliphatic carbocycles. The number of ether oxygens (including phenoxy) is 2. The number of benzene rings is 7. The van der Waals surface area contributed by atoms with E-state index in [0.717, 1.165) is 66.1 Å². The van der Waals surface area contributed by atoms with E-state index >= 15 is 0 Å². The van der Waals surface area contributed by atoms with Gasteiger partial charge in [-0.15, -0.1) is 0 Å². The molecule has 0 saturated heterocycles. The molecule has 0 aromatic heterocycles. The summed E-state index contributed by atoms with van der Waals surface area (Å²) >= 11 is 0. The van der Waals surface area contributed by atoms with Crippen LogP contribution in [0, 0.1) is 43.6 Å². The molecule has 8 nitrogen and oxygen atoms in total. The minimum atomic E-state index is -0.376. The lowest BCUT2D eigenvalue weighted by Crippen LogP contribution is -2.23. The van der Waals surface area contributed by atoms with Crippen LogP contribution >= 0.6 is 0 Å². The number of nitrogens with one attached hydrogen (secondary N) is 2. The number of methoxy groups -OCH3 is 2. The fourth-order valence-corrected chi connectivity index (χ4v) is 8.07. The number of aryl methyl sites for hydroxylation is 2. The molecule has 0 fully saturated rings. The van der Waals surface area contributed by atoms with Crippen molar-refractivity contribution < 1.29 is 19.1 Å². The van der Waals surface area contributed by atoms with Crippen molar-refractivity contribution in [3.05, 3.63) is 137 Å².